The number of amides is 1. The molecule has 0 radical (unpaired) electrons. The lowest BCUT2D eigenvalue weighted by Crippen LogP contribution is -2.37. The summed E-state index contributed by atoms with van der Waals surface area (Å²) in [5.41, 5.74) is 3.75. The van der Waals surface area contributed by atoms with Crippen molar-refractivity contribution in [2.75, 3.05) is 25.5 Å². The highest BCUT2D eigenvalue weighted by Gasteiger charge is 2.23. The zero-order chi connectivity index (χ0) is 22.3. The third kappa shape index (κ3) is 5.45. The van der Waals surface area contributed by atoms with Crippen LogP contribution in [-0.2, 0) is 22.5 Å². The van der Waals surface area contributed by atoms with Crippen molar-refractivity contribution in [2.45, 2.75) is 31.9 Å². The summed E-state index contributed by atoms with van der Waals surface area (Å²) in [6, 6.07) is 12.5. The van der Waals surface area contributed by atoms with Crippen molar-refractivity contribution >= 4 is 28.5 Å². The van der Waals surface area contributed by atoms with Crippen LogP contribution in [0.1, 0.15) is 24.0 Å². The van der Waals surface area contributed by atoms with Crippen LogP contribution in [0.4, 0.5) is 10.1 Å². The smallest absolute Gasteiger partial charge is 0.253 e. The van der Waals surface area contributed by atoms with Crippen molar-refractivity contribution in [2.24, 2.45) is 4.99 Å². The number of aliphatic imine (C=N–C) groups is 1. The number of benzene rings is 2. The number of nitrogens with zero attached hydrogens (tertiary/aromatic N) is 1. The number of hydrogen-bond donors (Lipinski definition) is 4. The number of aromatic nitrogens is 1. The Morgan fingerprint density at radius 2 is 2.16 bits per heavy atom. The maximum atomic E-state index is 13.5. The summed E-state index contributed by atoms with van der Waals surface area (Å²) < 4.78 is 19.0. The van der Waals surface area contributed by atoms with Crippen LogP contribution in [0.25, 0.3) is 10.9 Å². The lowest BCUT2D eigenvalue weighted by atomic mass is 10.1. The molecule has 1 atom stereocenters. The van der Waals surface area contributed by atoms with Crippen molar-refractivity contribution in [1.29, 1.82) is 0 Å². The number of carbonyl (C=O) groups excluding carboxylic acids is 1. The van der Waals surface area contributed by atoms with Crippen LogP contribution < -0.4 is 16.0 Å². The Labute approximate surface area is 186 Å². The quantitative estimate of drug-likeness (QED) is 0.337. The summed E-state index contributed by atoms with van der Waals surface area (Å²) in [7, 11) is 1.72. The minimum atomic E-state index is -0.353. The summed E-state index contributed by atoms with van der Waals surface area (Å²) in [5.74, 6) is 0.338. The second kappa shape index (κ2) is 10.3. The first kappa shape index (κ1) is 21.8. The molecule has 1 unspecified atom stereocenters. The molecule has 4 N–H and O–H groups in total. The molecule has 7 nitrogen and oxygen atoms in total. The van der Waals surface area contributed by atoms with Gasteiger partial charge < -0.3 is 25.7 Å². The fourth-order valence-electron chi connectivity index (χ4n) is 3.85. The van der Waals surface area contributed by atoms with E-state index >= 15 is 0 Å². The molecular weight excluding hydrogens is 409 g/mol. The van der Waals surface area contributed by atoms with Gasteiger partial charge in [-0.05, 0) is 60.7 Å². The Kier molecular flexibility index (Phi) is 7.01. The normalized spacial score (nSPS) is 16.3. The van der Waals surface area contributed by atoms with Crippen LogP contribution in [0, 0.1) is 5.82 Å². The van der Waals surface area contributed by atoms with Crippen molar-refractivity contribution in [3.63, 3.8) is 0 Å². The van der Waals surface area contributed by atoms with Gasteiger partial charge in [-0.3, -0.25) is 9.79 Å². The number of H-pyrrole nitrogens is 1. The van der Waals surface area contributed by atoms with Crippen LogP contribution in [0.3, 0.4) is 0 Å². The summed E-state index contributed by atoms with van der Waals surface area (Å²) >= 11 is 0. The number of hydrogen-bond acceptors (Lipinski definition) is 3. The van der Waals surface area contributed by atoms with E-state index in [0.717, 1.165) is 47.0 Å². The molecule has 1 aliphatic heterocycles. The topological polar surface area (TPSA) is 90.5 Å². The van der Waals surface area contributed by atoms with Crippen molar-refractivity contribution in [3.8, 4) is 0 Å². The molecule has 1 fully saturated rings. The van der Waals surface area contributed by atoms with Crippen LogP contribution in [0.2, 0.25) is 0 Å². The third-order valence-electron chi connectivity index (χ3n) is 5.52. The second-order valence-electron chi connectivity index (χ2n) is 7.80. The number of anilines is 1. The highest BCUT2D eigenvalue weighted by atomic mass is 19.1. The van der Waals surface area contributed by atoms with E-state index in [2.05, 4.69) is 25.9 Å². The van der Waals surface area contributed by atoms with E-state index in [1.54, 1.807) is 19.2 Å². The van der Waals surface area contributed by atoms with Crippen LogP contribution in [0.5, 0.6) is 0 Å². The maximum absolute atomic E-state index is 13.5. The SMILES string of the molecule is CN=C(NCCc1c[nH]c2ccc(F)cc12)NCc1cccc(NC(=O)C2CCCO2)c1. The summed E-state index contributed by atoms with van der Waals surface area (Å²) in [5, 5.41) is 10.4. The van der Waals surface area contributed by atoms with Gasteiger partial charge in [-0.1, -0.05) is 12.1 Å². The van der Waals surface area contributed by atoms with E-state index < -0.39 is 0 Å². The molecule has 1 aliphatic rings. The number of rotatable bonds is 7. The zero-order valence-corrected chi connectivity index (χ0v) is 18.1. The maximum Gasteiger partial charge on any atom is 0.253 e. The van der Waals surface area contributed by atoms with Crippen LogP contribution in [0.15, 0.2) is 53.7 Å². The van der Waals surface area contributed by atoms with Crippen molar-refractivity contribution in [1.82, 2.24) is 15.6 Å². The highest BCUT2D eigenvalue weighted by molar-refractivity contribution is 5.94. The van der Waals surface area contributed by atoms with Crippen LogP contribution in [-0.4, -0.2) is 43.2 Å². The summed E-state index contributed by atoms with van der Waals surface area (Å²) in [4.78, 5) is 19.7. The number of nitrogens with one attached hydrogen (secondary N) is 4. The molecule has 0 bridgehead atoms. The van der Waals surface area contributed by atoms with Gasteiger partial charge in [0, 0.05) is 49.5 Å². The van der Waals surface area contributed by atoms with E-state index in [0.29, 0.717) is 25.7 Å². The molecule has 4 rings (SSSR count). The van der Waals surface area contributed by atoms with Gasteiger partial charge in [-0.2, -0.15) is 0 Å². The first-order valence-corrected chi connectivity index (χ1v) is 10.8. The molecule has 2 aromatic carbocycles. The molecule has 1 aromatic heterocycles. The van der Waals surface area contributed by atoms with Gasteiger partial charge in [0.15, 0.2) is 5.96 Å². The van der Waals surface area contributed by atoms with E-state index in [1.165, 1.54) is 6.07 Å². The molecule has 32 heavy (non-hydrogen) atoms. The minimum absolute atomic E-state index is 0.0951. The van der Waals surface area contributed by atoms with Gasteiger partial charge in [-0.15, -0.1) is 0 Å². The van der Waals surface area contributed by atoms with Crippen molar-refractivity contribution < 1.29 is 13.9 Å². The largest absolute Gasteiger partial charge is 0.368 e. The Morgan fingerprint density at radius 3 is 2.97 bits per heavy atom. The molecule has 8 heteroatoms. The van der Waals surface area contributed by atoms with Gasteiger partial charge >= 0.3 is 0 Å². The van der Waals surface area contributed by atoms with Crippen molar-refractivity contribution in [3.05, 3.63) is 65.6 Å². The fraction of sp³-hybridized carbons (Fsp3) is 0.333. The number of fused-ring (bicyclic) bond motifs is 1. The first-order chi connectivity index (χ1) is 15.6. The Bertz CT molecular complexity index is 1100. The number of guanidine groups is 1. The summed E-state index contributed by atoms with van der Waals surface area (Å²) in [6.45, 7) is 1.85. The molecule has 1 amide bonds. The zero-order valence-electron chi connectivity index (χ0n) is 18.1. The van der Waals surface area contributed by atoms with Gasteiger partial charge in [0.2, 0.25) is 0 Å². The predicted octanol–water partition coefficient (Wildman–Crippen LogP) is 3.33. The van der Waals surface area contributed by atoms with E-state index in [1.807, 2.05) is 30.5 Å². The summed E-state index contributed by atoms with van der Waals surface area (Å²) in [6.07, 6.45) is 3.98. The number of halogens is 1. The highest BCUT2D eigenvalue weighted by Crippen LogP contribution is 2.19. The first-order valence-electron chi connectivity index (χ1n) is 10.8. The van der Waals surface area contributed by atoms with E-state index in [9.17, 15) is 9.18 Å². The molecule has 3 aromatic rings. The average Bonchev–Trinajstić information content (AvgIpc) is 3.47. The van der Waals surface area contributed by atoms with Gasteiger partial charge in [0.05, 0.1) is 0 Å². The molecule has 168 valence electrons. The minimum Gasteiger partial charge on any atom is -0.368 e. The average molecular weight is 438 g/mol. The van der Waals surface area contributed by atoms with Crippen LogP contribution >= 0.6 is 0 Å². The lowest BCUT2D eigenvalue weighted by molar-refractivity contribution is -0.124. The number of carbonyl (C=O) groups is 1. The molecule has 0 spiro atoms. The Morgan fingerprint density at radius 1 is 1.25 bits per heavy atom. The Balaban J connectivity index is 1.27. The van der Waals surface area contributed by atoms with Gasteiger partial charge in [0.1, 0.15) is 11.9 Å². The number of aromatic amines is 1. The van der Waals surface area contributed by atoms with E-state index in [4.69, 9.17) is 4.74 Å². The molecule has 0 saturated carbocycles. The molecule has 2 heterocycles. The fourth-order valence-corrected chi connectivity index (χ4v) is 3.85. The molecule has 0 aliphatic carbocycles. The standard InChI is InChI=1S/C24H28FN5O2/c1-26-24(27-10-9-17-15-28-21-8-7-18(25)13-20(17)21)29-14-16-4-2-5-19(12-16)30-23(31)22-6-3-11-32-22/h2,4-5,7-8,12-13,15,22,28H,3,6,9-11,14H2,1H3,(H,30,31)(H2,26,27,29). The molecule has 1 saturated heterocycles. The van der Waals surface area contributed by atoms with Gasteiger partial charge in [-0.25, -0.2) is 4.39 Å². The molecular formula is C24H28FN5O2. The predicted molar refractivity (Wildman–Crippen MR) is 124 cm³/mol. The third-order valence-corrected chi connectivity index (χ3v) is 5.52. The monoisotopic (exact) mass is 437 g/mol. The number of ether oxygens (including phenoxy) is 1. The van der Waals surface area contributed by atoms with E-state index in [-0.39, 0.29) is 17.8 Å². The Hall–Kier alpha value is -3.39. The lowest BCUT2D eigenvalue weighted by Gasteiger charge is -2.14. The second-order valence-corrected chi connectivity index (χ2v) is 7.80. The van der Waals surface area contributed by atoms with Gasteiger partial charge in [0.25, 0.3) is 5.91 Å².